The van der Waals surface area contributed by atoms with Crippen LogP contribution in [0.15, 0.2) is 12.1 Å². The molecule has 0 aromatic heterocycles. The molecule has 2 N–H and O–H groups in total. The molecule has 0 aliphatic rings. The fourth-order valence-electron chi connectivity index (χ4n) is 1.30. The second kappa shape index (κ2) is 5.85. The van der Waals surface area contributed by atoms with Gasteiger partial charge in [-0.3, -0.25) is 0 Å². The number of halogens is 3. The molecule has 0 saturated carbocycles. The van der Waals surface area contributed by atoms with E-state index in [0.717, 1.165) is 4.31 Å². The zero-order chi connectivity index (χ0) is 14.8. The quantitative estimate of drug-likeness (QED) is 0.654. The van der Waals surface area contributed by atoms with Crippen molar-refractivity contribution in [2.45, 2.75) is 5.75 Å². The molecule has 0 atom stereocenters. The molecule has 0 fully saturated rings. The molecule has 106 valence electrons. The molecular formula is C10H11F3N2O2S2. The Morgan fingerprint density at radius 1 is 1.26 bits per heavy atom. The van der Waals surface area contributed by atoms with Crippen LogP contribution in [0.1, 0.15) is 5.56 Å². The number of hydrogen-bond acceptors (Lipinski definition) is 3. The molecular weight excluding hydrogens is 301 g/mol. The minimum Gasteiger partial charge on any atom is -0.392 e. The van der Waals surface area contributed by atoms with E-state index in [2.05, 4.69) is 12.2 Å². The molecule has 1 rings (SSSR count). The second-order valence-electron chi connectivity index (χ2n) is 3.84. The highest BCUT2D eigenvalue weighted by Crippen LogP contribution is 2.17. The third-order valence-corrected chi connectivity index (χ3v) is 4.16. The number of likely N-dealkylation sites (N-methyl/N-ethyl adjacent to an activating group) is 1. The van der Waals surface area contributed by atoms with E-state index in [-0.39, 0.29) is 11.5 Å². The Bertz CT molecular complexity index is 605. The van der Waals surface area contributed by atoms with E-state index in [9.17, 15) is 21.6 Å². The van der Waals surface area contributed by atoms with Crippen LogP contribution < -0.4 is 5.73 Å². The van der Waals surface area contributed by atoms with Gasteiger partial charge in [-0.1, -0.05) is 12.2 Å². The van der Waals surface area contributed by atoms with Gasteiger partial charge in [-0.05, 0) is 6.07 Å². The van der Waals surface area contributed by atoms with Gasteiger partial charge in [-0.2, -0.15) is 4.31 Å². The van der Waals surface area contributed by atoms with Gasteiger partial charge in [0.2, 0.25) is 10.0 Å². The van der Waals surface area contributed by atoms with Crippen molar-refractivity contribution in [2.75, 3.05) is 13.6 Å². The minimum atomic E-state index is -3.92. The summed E-state index contributed by atoms with van der Waals surface area (Å²) in [6.45, 7) is -0.219. The zero-order valence-corrected chi connectivity index (χ0v) is 11.5. The van der Waals surface area contributed by atoms with Crippen LogP contribution in [0.2, 0.25) is 0 Å². The number of benzene rings is 1. The van der Waals surface area contributed by atoms with Crippen LogP contribution in [0.5, 0.6) is 0 Å². The minimum absolute atomic E-state index is 0.0585. The van der Waals surface area contributed by atoms with Crippen LogP contribution in [0.4, 0.5) is 13.2 Å². The van der Waals surface area contributed by atoms with Crippen LogP contribution in [0, 0.1) is 17.5 Å². The summed E-state index contributed by atoms with van der Waals surface area (Å²) in [7, 11) is -2.72. The molecule has 0 aliphatic heterocycles. The molecule has 9 heteroatoms. The van der Waals surface area contributed by atoms with E-state index in [4.69, 9.17) is 5.73 Å². The van der Waals surface area contributed by atoms with Gasteiger partial charge in [0.05, 0.1) is 17.3 Å². The predicted octanol–water partition coefficient (Wildman–Crippen LogP) is 1.15. The standard InChI is InChI=1S/C10H11F3N2O2S2/c1-15(4-10(14)18)19(16,17)5-6-2-8(12)9(13)3-7(6)11/h2-3H,4-5H2,1H3,(H2,14,18). The molecule has 0 bridgehead atoms. The molecule has 0 heterocycles. The van der Waals surface area contributed by atoms with Gasteiger partial charge in [-0.25, -0.2) is 21.6 Å². The van der Waals surface area contributed by atoms with E-state index in [1.54, 1.807) is 0 Å². The normalized spacial score (nSPS) is 11.8. The van der Waals surface area contributed by atoms with Crippen molar-refractivity contribution in [3.63, 3.8) is 0 Å². The van der Waals surface area contributed by atoms with E-state index >= 15 is 0 Å². The first-order chi connectivity index (χ1) is 8.63. The van der Waals surface area contributed by atoms with Crippen molar-refractivity contribution in [2.24, 2.45) is 5.73 Å². The molecule has 0 radical (unpaired) electrons. The third kappa shape index (κ3) is 4.15. The van der Waals surface area contributed by atoms with E-state index in [1.807, 2.05) is 0 Å². The van der Waals surface area contributed by atoms with Gasteiger partial charge in [0.25, 0.3) is 0 Å². The van der Waals surface area contributed by atoms with Gasteiger partial charge in [-0.15, -0.1) is 0 Å². The number of nitrogens with two attached hydrogens (primary N) is 1. The SMILES string of the molecule is CN(CC(N)=S)S(=O)(=O)Cc1cc(F)c(F)cc1F. The number of hydrogen-bond donors (Lipinski definition) is 1. The maximum atomic E-state index is 13.3. The predicted molar refractivity (Wildman–Crippen MR) is 68.4 cm³/mol. The maximum Gasteiger partial charge on any atom is 0.218 e. The Kier molecular flexibility index (Phi) is 4.88. The van der Waals surface area contributed by atoms with Crippen molar-refractivity contribution in [3.8, 4) is 0 Å². The average molecular weight is 312 g/mol. The second-order valence-corrected chi connectivity index (χ2v) is 6.44. The largest absolute Gasteiger partial charge is 0.392 e. The summed E-state index contributed by atoms with van der Waals surface area (Å²) >= 11 is 4.56. The summed E-state index contributed by atoms with van der Waals surface area (Å²) in [5.74, 6) is -4.64. The molecule has 0 saturated heterocycles. The van der Waals surface area contributed by atoms with Crippen molar-refractivity contribution >= 4 is 27.2 Å². The Morgan fingerprint density at radius 2 is 1.79 bits per heavy atom. The average Bonchev–Trinajstić information content (AvgIpc) is 2.24. The lowest BCUT2D eigenvalue weighted by Crippen LogP contribution is -2.35. The number of sulfonamides is 1. The summed E-state index contributed by atoms with van der Waals surface area (Å²) in [6.07, 6.45) is 0. The highest BCUT2D eigenvalue weighted by atomic mass is 32.2. The highest BCUT2D eigenvalue weighted by molar-refractivity contribution is 7.88. The Morgan fingerprint density at radius 3 is 2.32 bits per heavy atom. The van der Waals surface area contributed by atoms with Gasteiger partial charge in [0, 0.05) is 18.7 Å². The molecule has 1 aromatic carbocycles. The fraction of sp³-hybridized carbons (Fsp3) is 0.300. The molecule has 4 nitrogen and oxygen atoms in total. The lowest BCUT2D eigenvalue weighted by atomic mass is 10.2. The lowest BCUT2D eigenvalue weighted by molar-refractivity contribution is 0.486. The Balaban J connectivity index is 3.02. The van der Waals surface area contributed by atoms with Gasteiger partial charge in [0.15, 0.2) is 11.6 Å². The summed E-state index contributed by atoms with van der Waals surface area (Å²) in [5.41, 5.74) is 4.73. The summed E-state index contributed by atoms with van der Waals surface area (Å²) < 4.78 is 63.5. The van der Waals surface area contributed by atoms with E-state index in [1.165, 1.54) is 7.05 Å². The maximum absolute atomic E-state index is 13.3. The molecule has 0 amide bonds. The number of nitrogens with zero attached hydrogens (tertiary/aromatic N) is 1. The molecule has 0 aliphatic carbocycles. The van der Waals surface area contributed by atoms with Crippen LogP contribution in [-0.2, 0) is 15.8 Å². The monoisotopic (exact) mass is 312 g/mol. The summed E-state index contributed by atoms with van der Waals surface area (Å²) in [4.78, 5) is -0.0585. The number of thiocarbonyl (C=S) groups is 1. The van der Waals surface area contributed by atoms with Crippen LogP contribution >= 0.6 is 12.2 Å². The van der Waals surface area contributed by atoms with Crippen LogP contribution in [-0.4, -0.2) is 31.3 Å². The lowest BCUT2D eigenvalue weighted by Gasteiger charge is -2.16. The first-order valence-electron chi connectivity index (χ1n) is 4.99. The molecule has 0 unspecified atom stereocenters. The Hall–Kier alpha value is -1.19. The topological polar surface area (TPSA) is 63.4 Å². The van der Waals surface area contributed by atoms with E-state index in [0.29, 0.717) is 12.1 Å². The Labute approximate surface area is 114 Å². The highest BCUT2D eigenvalue weighted by Gasteiger charge is 2.22. The van der Waals surface area contributed by atoms with Crippen LogP contribution in [0.25, 0.3) is 0 Å². The van der Waals surface area contributed by atoms with Crippen molar-refractivity contribution in [1.29, 1.82) is 0 Å². The zero-order valence-electron chi connectivity index (χ0n) is 9.86. The summed E-state index contributed by atoms with van der Waals surface area (Å²) in [6, 6.07) is 0.810. The first kappa shape index (κ1) is 15.9. The first-order valence-corrected chi connectivity index (χ1v) is 7.01. The molecule has 0 spiro atoms. The van der Waals surface area contributed by atoms with Crippen molar-refractivity contribution in [1.82, 2.24) is 4.31 Å². The van der Waals surface area contributed by atoms with E-state index < -0.39 is 38.8 Å². The number of rotatable bonds is 5. The smallest absolute Gasteiger partial charge is 0.218 e. The van der Waals surface area contributed by atoms with Crippen molar-refractivity contribution < 1.29 is 21.6 Å². The molecule has 19 heavy (non-hydrogen) atoms. The fourth-order valence-corrected chi connectivity index (χ4v) is 2.74. The molecule has 1 aromatic rings. The van der Waals surface area contributed by atoms with Gasteiger partial charge < -0.3 is 5.73 Å². The van der Waals surface area contributed by atoms with Crippen LogP contribution in [0.3, 0.4) is 0 Å². The summed E-state index contributed by atoms with van der Waals surface area (Å²) in [5, 5.41) is 0. The van der Waals surface area contributed by atoms with Crippen molar-refractivity contribution in [3.05, 3.63) is 35.1 Å². The van der Waals surface area contributed by atoms with Gasteiger partial charge >= 0.3 is 0 Å². The third-order valence-electron chi connectivity index (χ3n) is 2.28. The van der Waals surface area contributed by atoms with Gasteiger partial charge in [0.1, 0.15) is 5.82 Å².